The molecule has 1 aromatic heterocycles. The SMILES string of the molecule is Cc1sc(NC(=O)CN(CCCO)CC(F)(F)F)c(C#N)c1C. The van der Waals surface area contributed by atoms with Crippen LogP contribution in [0.1, 0.15) is 22.4 Å². The monoisotopic (exact) mass is 349 g/mol. The normalized spacial score (nSPS) is 11.6. The molecular formula is C14H18F3N3O2S. The van der Waals surface area contributed by atoms with Gasteiger partial charge in [-0.15, -0.1) is 11.3 Å². The number of aryl methyl sites for hydroxylation is 1. The van der Waals surface area contributed by atoms with Gasteiger partial charge in [0.25, 0.3) is 0 Å². The number of amides is 1. The van der Waals surface area contributed by atoms with E-state index in [2.05, 4.69) is 5.32 Å². The molecule has 23 heavy (non-hydrogen) atoms. The number of nitrogens with zero attached hydrogens (tertiary/aromatic N) is 2. The number of thiophene rings is 1. The molecule has 0 atom stereocenters. The first-order valence-corrected chi connectivity index (χ1v) is 7.69. The lowest BCUT2D eigenvalue weighted by Gasteiger charge is -2.22. The lowest BCUT2D eigenvalue weighted by atomic mass is 10.2. The summed E-state index contributed by atoms with van der Waals surface area (Å²) in [4.78, 5) is 13.8. The molecule has 0 radical (unpaired) electrons. The number of carbonyl (C=O) groups excluding carboxylic acids is 1. The molecule has 0 aliphatic rings. The molecule has 0 fully saturated rings. The van der Waals surface area contributed by atoms with Gasteiger partial charge in [0.15, 0.2) is 0 Å². The van der Waals surface area contributed by atoms with Crippen LogP contribution in [0.25, 0.3) is 0 Å². The maximum Gasteiger partial charge on any atom is 0.401 e. The second kappa shape index (κ2) is 8.29. The third-order valence-corrected chi connectivity index (χ3v) is 4.28. The topological polar surface area (TPSA) is 76.4 Å². The van der Waals surface area contributed by atoms with Gasteiger partial charge < -0.3 is 10.4 Å². The molecule has 0 aliphatic heterocycles. The second-order valence-corrected chi connectivity index (χ2v) is 6.28. The Hall–Kier alpha value is -1.63. The molecular weight excluding hydrogens is 331 g/mol. The van der Waals surface area contributed by atoms with Crippen LogP contribution in [-0.2, 0) is 4.79 Å². The van der Waals surface area contributed by atoms with Gasteiger partial charge in [0, 0.05) is 18.0 Å². The fraction of sp³-hybridized carbons (Fsp3) is 0.571. The fourth-order valence-electron chi connectivity index (χ4n) is 1.98. The molecule has 5 nitrogen and oxygen atoms in total. The number of alkyl halides is 3. The van der Waals surface area contributed by atoms with E-state index in [1.165, 1.54) is 11.3 Å². The van der Waals surface area contributed by atoms with E-state index >= 15 is 0 Å². The highest BCUT2D eigenvalue weighted by molar-refractivity contribution is 7.16. The van der Waals surface area contributed by atoms with Crippen LogP contribution in [0.5, 0.6) is 0 Å². The average molecular weight is 349 g/mol. The third kappa shape index (κ3) is 6.17. The summed E-state index contributed by atoms with van der Waals surface area (Å²) in [5.41, 5.74) is 1.08. The van der Waals surface area contributed by atoms with E-state index < -0.39 is 25.2 Å². The Balaban J connectivity index is 2.76. The maximum absolute atomic E-state index is 12.5. The number of halogens is 3. The quantitative estimate of drug-likeness (QED) is 0.793. The van der Waals surface area contributed by atoms with Crippen molar-refractivity contribution in [2.45, 2.75) is 26.4 Å². The largest absolute Gasteiger partial charge is 0.401 e. The van der Waals surface area contributed by atoms with Gasteiger partial charge in [-0.1, -0.05) is 0 Å². The summed E-state index contributed by atoms with van der Waals surface area (Å²) < 4.78 is 37.5. The number of aliphatic hydroxyl groups is 1. The first kappa shape index (κ1) is 19.4. The lowest BCUT2D eigenvalue weighted by molar-refractivity contribution is -0.148. The van der Waals surface area contributed by atoms with E-state index in [0.29, 0.717) is 10.6 Å². The van der Waals surface area contributed by atoms with Crippen LogP contribution >= 0.6 is 11.3 Å². The van der Waals surface area contributed by atoms with Crippen LogP contribution < -0.4 is 5.32 Å². The van der Waals surface area contributed by atoms with Crippen molar-refractivity contribution in [3.05, 3.63) is 16.0 Å². The van der Waals surface area contributed by atoms with Gasteiger partial charge in [0.1, 0.15) is 11.1 Å². The molecule has 0 aliphatic carbocycles. The maximum atomic E-state index is 12.5. The number of hydrogen-bond donors (Lipinski definition) is 2. The van der Waals surface area contributed by atoms with Crippen LogP contribution in [0.4, 0.5) is 18.2 Å². The summed E-state index contributed by atoms with van der Waals surface area (Å²) in [6.07, 6.45) is -4.28. The Morgan fingerprint density at radius 3 is 2.61 bits per heavy atom. The first-order chi connectivity index (χ1) is 10.7. The number of nitriles is 1. The van der Waals surface area contributed by atoms with Crippen LogP contribution in [0.15, 0.2) is 0 Å². The van der Waals surface area contributed by atoms with Gasteiger partial charge in [0.2, 0.25) is 5.91 Å². The molecule has 0 unspecified atom stereocenters. The summed E-state index contributed by atoms with van der Waals surface area (Å²) in [7, 11) is 0. The van der Waals surface area contributed by atoms with E-state index in [1.54, 1.807) is 13.8 Å². The zero-order valence-corrected chi connectivity index (χ0v) is 13.6. The van der Waals surface area contributed by atoms with E-state index in [-0.39, 0.29) is 19.6 Å². The third-order valence-electron chi connectivity index (χ3n) is 3.15. The number of hydrogen-bond acceptors (Lipinski definition) is 5. The van der Waals surface area contributed by atoms with Gasteiger partial charge in [-0.3, -0.25) is 9.69 Å². The minimum atomic E-state index is -4.43. The molecule has 0 saturated heterocycles. The van der Waals surface area contributed by atoms with Gasteiger partial charge in [-0.25, -0.2) is 0 Å². The van der Waals surface area contributed by atoms with Crippen molar-refractivity contribution >= 4 is 22.2 Å². The van der Waals surface area contributed by atoms with Crippen LogP contribution in [0.2, 0.25) is 0 Å². The van der Waals surface area contributed by atoms with Gasteiger partial charge in [-0.2, -0.15) is 18.4 Å². The van der Waals surface area contributed by atoms with Crippen LogP contribution in [-0.4, -0.2) is 48.3 Å². The first-order valence-electron chi connectivity index (χ1n) is 6.87. The molecule has 0 spiro atoms. The Labute approximate surface area is 136 Å². The van der Waals surface area contributed by atoms with Crippen molar-refractivity contribution in [3.8, 4) is 6.07 Å². The highest BCUT2D eigenvalue weighted by atomic mass is 32.1. The highest BCUT2D eigenvalue weighted by Crippen LogP contribution is 2.31. The molecule has 1 amide bonds. The Morgan fingerprint density at radius 2 is 2.09 bits per heavy atom. The second-order valence-electron chi connectivity index (χ2n) is 5.05. The number of nitrogens with one attached hydrogen (secondary N) is 1. The summed E-state index contributed by atoms with van der Waals surface area (Å²) in [5, 5.41) is 20.7. The summed E-state index contributed by atoms with van der Waals surface area (Å²) >= 11 is 1.22. The molecule has 2 N–H and O–H groups in total. The predicted octanol–water partition coefficient (Wildman–Crippen LogP) is 2.42. The number of aliphatic hydroxyl groups excluding tert-OH is 1. The zero-order chi connectivity index (χ0) is 17.6. The van der Waals surface area contributed by atoms with Crippen molar-refractivity contribution in [1.29, 1.82) is 5.26 Å². The van der Waals surface area contributed by atoms with E-state index in [0.717, 1.165) is 15.3 Å². The summed E-state index contributed by atoms with van der Waals surface area (Å²) in [6.45, 7) is 1.56. The zero-order valence-electron chi connectivity index (χ0n) is 12.8. The van der Waals surface area contributed by atoms with Crippen LogP contribution in [0, 0.1) is 25.2 Å². The molecule has 0 bridgehead atoms. The van der Waals surface area contributed by atoms with E-state index in [9.17, 15) is 18.0 Å². The number of rotatable bonds is 7. The standard InChI is InChI=1S/C14H18F3N3O2S/c1-9-10(2)23-13(11(9)6-18)19-12(22)7-20(4-3-5-21)8-14(15,16)17/h21H,3-5,7-8H2,1-2H3,(H,19,22). The lowest BCUT2D eigenvalue weighted by Crippen LogP contribution is -2.40. The molecule has 0 saturated carbocycles. The number of carbonyl (C=O) groups is 1. The van der Waals surface area contributed by atoms with Crippen LogP contribution in [0.3, 0.4) is 0 Å². The molecule has 1 rings (SSSR count). The minimum Gasteiger partial charge on any atom is -0.396 e. The van der Waals surface area contributed by atoms with Crippen molar-refractivity contribution in [2.24, 2.45) is 0 Å². The van der Waals surface area contributed by atoms with E-state index in [1.807, 2.05) is 6.07 Å². The van der Waals surface area contributed by atoms with Crippen molar-refractivity contribution in [1.82, 2.24) is 4.90 Å². The Morgan fingerprint density at radius 1 is 1.43 bits per heavy atom. The minimum absolute atomic E-state index is 0.0446. The van der Waals surface area contributed by atoms with Gasteiger partial charge in [0.05, 0.1) is 18.7 Å². The predicted molar refractivity (Wildman–Crippen MR) is 81.3 cm³/mol. The molecule has 128 valence electrons. The summed E-state index contributed by atoms with van der Waals surface area (Å²) in [5.74, 6) is -0.620. The average Bonchev–Trinajstić information content (AvgIpc) is 2.68. The Bertz CT molecular complexity index is 593. The Kier molecular flexibility index (Phi) is 7.00. The van der Waals surface area contributed by atoms with Crippen molar-refractivity contribution in [3.63, 3.8) is 0 Å². The summed E-state index contributed by atoms with van der Waals surface area (Å²) in [6, 6.07) is 1.98. The highest BCUT2D eigenvalue weighted by Gasteiger charge is 2.31. The molecule has 9 heteroatoms. The molecule has 0 aromatic carbocycles. The molecule has 1 heterocycles. The number of anilines is 1. The van der Waals surface area contributed by atoms with Crippen molar-refractivity contribution < 1.29 is 23.1 Å². The molecule has 1 aromatic rings. The fourth-order valence-corrected chi connectivity index (χ4v) is 3.01. The van der Waals surface area contributed by atoms with Gasteiger partial charge >= 0.3 is 6.18 Å². The van der Waals surface area contributed by atoms with E-state index in [4.69, 9.17) is 10.4 Å². The smallest absolute Gasteiger partial charge is 0.396 e. The van der Waals surface area contributed by atoms with Gasteiger partial charge in [-0.05, 0) is 25.8 Å². The van der Waals surface area contributed by atoms with Crippen molar-refractivity contribution in [2.75, 3.05) is 31.6 Å².